The van der Waals surface area contributed by atoms with E-state index in [4.69, 9.17) is 0 Å². The average Bonchev–Trinajstić information content (AvgIpc) is 2.07. The highest BCUT2D eigenvalue weighted by Crippen LogP contribution is 2.26. The molecule has 1 nitrogen and oxygen atoms in total. The summed E-state index contributed by atoms with van der Waals surface area (Å²) < 4.78 is 0. The molecule has 0 aromatic heterocycles. The van der Waals surface area contributed by atoms with Crippen LogP contribution in [0.3, 0.4) is 0 Å². The van der Waals surface area contributed by atoms with Gasteiger partial charge in [0.1, 0.15) is 5.75 Å². The molecule has 1 aromatic carbocycles. The number of aryl methyl sites for hydroxylation is 1. The molecular weight excluding hydrogens is 168 g/mol. The van der Waals surface area contributed by atoms with Crippen molar-refractivity contribution in [3.63, 3.8) is 0 Å². The first kappa shape index (κ1) is 9.46. The van der Waals surface area contributed by atoms with Gasteiger partial charge in [0.15, 0.2) is 0 Å². The molecule has 1 rings (SSSR count). The number of thioether (sulfide) groups is 1. The normalized spacial score (nSPS) is 10.2. The van der Waals surface area contributed by atoms with Gasteiger partial charge in [0, 0.05) is 4.90 Å². The zero-order chi connectivity index (χ0) is 8.97. The fraction of sp³-hybridized carbons (Fsp3) is 0.400. The van der Waals surface area contributed by atoms with Gasteiger partial charge in [-0.25, -0.2) is 0 Å². The van der Waals surface area contributed by atoms with Gasteiger partial charge in [0.05, 0.1) is 0 Å². The number of aromatic hydroxyl groups is 1. The zero-order valence-electron chi connectivity index (χ0n) is 7.50. The van der Waals surface area contributed by atoms with Crippen LogP contribution in [0.15, 0.2) is 23.1 Å². The van der Waals surface area contributed by atoms with E-state index < -0.39 is 0 Å². The molecule has 1 N–H and O–H groups in total. The summed E-state index contributed by atoms with van der Waals surface area (Å²) in [5.41, 5.74) is 1.24. The molecule has 66 valence electrons. The maximum Gasteiger partial charge on any atom is 0.116 e. The second kappa shape index (κ2) is 4.41. The predicted octanol–water partition coefficient (Wildman–Crippen LogP) is 3.20. The maximum atomic E-state index is 9.22. The number of phenolic OH excluding ortho intramolecular Hbond substituents is 1. The number of phenols is 1. The number of hydrogen-bond donors (Lipinski definition) is 1. The van der Waals surface area contributed by atoms with Crippen molar-refractivity contribution in [2.45, 2.75) is 25.2 Å². The molecule has 0 aliphatic rings. The second-order valence-electron chi connectivity index (χ2n) is 2.80. The highest BCUT2D eigenvalue weighted by Gasteiger charge is 1.98. The summed E-state index contributed by atoms with van der Waals surface area (Å²) in [6.07, 6.45) is 1.17. The number of rotatable bonds is 3. The van der Waals surface area contributed by atoms with Crippen molar-refractivity contribution in [2.24, 2.45) is 0 Å². The Kier molecular flexibility index (Phi) is 3.48. The summed E-state index contributed by atoms with van der Waals surface area (Å²) in [7, 11) is 0. The monoisotopic (exact) mass is 182 g/mol. The Balaban J connectivity index is 2.75. The van der Waals surface area contributed by atoms with Crippen molar-refractivity contribution >= 4 is 11.8 Å². The van der Waals surface area contributed by atoms with Gasteiger partial charge in [-0.1, -0.05) is 13.0 Å². The fourth-order valence-corrected chi connectivity index (χ4v) is 1.88. The quantitative estimate of drug-likeness (QED) is 0.724. The molecule has 0 saturated carbocycles. The first-order chi connectivity index (χ1) is 5.74. The summed E-state index contributed by atoms with van der Waals surface area (Å²) >= 11 is 1.80. The lowest BCUT2D eigenvalue weighted by Gasteiger charge is -2.04. The van der Waals surface area contributed by atoms with Gasteiger partial charge < -0.3 is 5.11 Å². The average molecular weight is 182 g/mol. The minimum absolute atomic E-state index is 0.360. The van der Waals surface area contributed by atoms with E-state index in [1.165, 1.54) is 16.9 Å². The minimum atomic E-state index is 0.360. The molecule has 0 heterocycles. The lowest BCUT2D eigenvalue weighted by atomic mass is 10.2. The zero-order valence-corrected chi connectivity index (χ0v) is 8.32. The Morgan fingerprint density at radius 2 is 2.17 bits per heavy atom. The number of benzene rings is 1. The van der Waals surface area contributed by atoms with Crippen molar-refractivity contribution in [3.8, 4) is 5.75 Å². The first-order valence-electron chi connectivity index (χ1n) is 4.16. The molecule has 0 bridgehead atoms. The van der Waals surface area contributed by atoms with Gasteiger partial charge in [0.2, 0.25) is 0 Å². The largest absolute Gasteiger partial charge is 0.508 e. The summed E-state index contributed by atoms with van der Waals surface area (Å²) in [6, 6.07) is 5.51. The van der Waals surface area contributed by atoms with Crippen molar-refractivity contribution < 1.29 is 5.11 Å². The van der Waals surface area contributed by atoms with Crippen LogP contribution in [-0.2, 0) is 0 Å². The van der Waals surface area contributed by atoms with Gasteiger partial charge in [-0.05, 0) is 36.8 Å². The van der Waals surface area contributed by atoms with E-state index in [-0.39, 0.29) is 0 Å². The molecule has 0 saturated heterocycles. The Bertz CT molecular complexity index is 258. The second-order valence-corrected chi connectivity index (χ2v) is 3.94. The van der Waals surface area contributed by atoms with Crippen LogP contribution in [0, 0.1) is 6.92 Å². The molecule has 0 atom stereocenters. The molecule has 0 aliphatic heterocycles. The lowest BCUT2D eigenvalue weighted by molar-refractivity contribution is 0.473. The topological polar surface area (TPSA) is 20.2 Å². The highest BCUT2D eigenvalue weighted by molar-refractivity contribution is 7.99. The molecular formula is C10H14OS. The van der Waals surface area contributed by atoms with Crippen LogP contribution < -0.4 is 0 Å². The molecule has 0 amide bonds. The van der Waals surface area contributed by atoms with Gasteiger partial charge in [0.25, 0.3) is 0 Å². The van der Waals surface area contributed by atoms with Gasteiger partial charge in [-0.15, -0.1) is 11.8 Å². The summed E-state index contributed by atoms with van der Waals surface area (Å²) in [6.45, 7) is 4.22. The predicted molar refractivity (Wildman–Crippen MR) is 53.9 cm³/mol. The van der Waals surface area contributed by atoms with E-state index >= 15 is 0 Å². The van der Waals surface area contributed by atoms with Crippen LogP contribution in [0.1, 0.15) is 18.9 Å². The number of hydrogen-bond acceptors (Lipinski definition) is 2. The van der Waals surface area contributed by atoms with E-state index in [0.29, 0.717) is 5.75 Å². The van der Waals surface area contributed by atoms with Gasteiger partial charge in [-0.3, -0.25) is 0 Å². The molecule has 0 unspecified atom stereocenters. The third kappa shape index (κ3) is 2.45. The van der Waals surface area contributed by atoms with E-state index in [1.807, 2.05) is 12.1 Å². The van der Waals surface area contributed by atoms with Crippen LogP contribution in [0.2, 0.25) is 0 Å². The van der Waals surface area contributed by atoms with Crippen LogP contribution in [0.25, 0.3) is 0 Å². The van der Waals surface area contributed by atoms with Crippen LogP contribution in [-0.4, -0.2) is 10.9 Å². The lowest BCUT2D eigenvalue weighted by Crippen LogP contribution is -1.80. The van der Waals surface area contributed by atoms with E-state index in [0.717, 1.165) is 5.75 Å². The molecule has 2 heteroatoms. The van der Waals surface area contributed by atoms with Crippen molar-refractivity contribution in [2.75, 3.05) is 5.75 Å². The van der Waals surface area contributed by atoms with Crippen LogP contribution in [0.4, 0.5) is 0 Å². The molecule has 1 aromatic rings. The highest BCUT2D eigenvalue weighted by atomic mass is 32.2. The Morgan fingerprint density at radius 3 is 2.83 bits per heavy atom. The Morgan fingerprint density at radius 1 is 1.42 bits per heavy atom. The van der Waals surface area contributed by atoms with Crippen molar-refractivity contribution in [1.82, 2.24) is 0 Å². The third-order valence-corrected chi connectivity index (χ3v) is 3.00. The van der Waals surface area contributed by atoms with Crippen LogP contribution >= 0.6 is 11.8 Å². The Labute approximate surface area is 77.8 Å². The first-order valence-corrected chi connectivity index (χ1v) is 5.15. The van der Waals surface area contributed by atoms with E-state index in [1.54, 1.807) is 17.8 Å². The summed E-state index contributed by atoms with van der Waals surface area (Å²) in [5.74, 6) is 1.48. The van der Waals surface area contributed by atoms with Crippen molar-refractivity contribution in [3.05, 3.63) is 23.8 Å². The van der Waals surface area contributed by atoms with Crippen molar-refractivity contribution in [1.29, 1.82) is 0 Å². The molecule has 0 radical (unpaired) electrons. The molecule has 12 heavy (non-hydrogen) atoms. The standard InChI is InChI=1S/C10H14OS/c1-3-6-12-10-7-9(11)5-4-8(10)2/h4-5,7,11H,3,6H2,1-2H3. The van der Waals surface area contributed by atoms with Crippen LogP contribution in [0.5, 0.6) is 5.75 Å². The minimum Gasteiger partial charge on any atom is -0.508 e. The summed E-state index contributed by atoms with van der Waals surface area (Å²) in [5, 5.41) is 9.22. The third-order valence-electron chi connectivity index (χ3n) is 1.63. The smallest absolute Gasteiger partial charge is 0.116 e. The molecule has 0 spiro atoms. The Hall–Kier alpha value is -0.630. The van der Waals surface area contributed by atoms with Gasteiger partial charge in [-0.2, -0.15) is 0 Å². The molecule has 0 aliphatic carbocycles. The summed E-state index contributed by atoms with van der Waals surface area (Å²) in [4.78, 5) is 1.19. The fourth-order valence-electron chi connectivity index (χ4n) is 0.956. The van der Waals surface area contributed by atoms with E-state index in [9.17, 15) is 5.11 Å². The van der Waals surface area contributed by atoms with E-state index in [2.05, 4.69) is 13.8 Å². The maximum absolute atomic E-state index is 9.22. The molecule has 0 fully saturated rings. The SMILES string of the molecule is CCCSc1cc(O)ccc1C. The van der Waals surface area contributed by atoms with Gasteiger partial charge >= 0.3 is 0 Å².